The Hall–Kier alpha value is -1.06. The zero-order valence-electron chi connectivity index (χ0n) is 10.8. The predicted octanol–water partition coefficient (Wildman–Crippen LogP) is 1.15. The highest BCUT2D eigenvalue weighted by Gasteiger charge is 2.41. The van der Waals surface area contributed by atoms with Crippen molar-refractivity contribution in [1.29, 1.82) is 0 Å². The van der Waals surface area contributed by atoms with Crippen LogP contribution in [-0.2, 0) is 9.59 Å². The third kappa shape index (κ3) is 2.13. The van der Waals surface area contributed by atoms with Crippen LogP contribution in [0.1, 0.15) is 38.5 Å². The summed E-state index contributed by atoms with van der Waals surface area (Å²) >= 11 is 0. The SMILES string of the molecule is NC(=O)[C@H]1CCN(C(=O)C[C@H]2C[C@H]3CC[C@H]2C3)C1. The van der Waals surface area contributed by atoms with Gasteiger partial charge in [0, 0.05) is 19.5 Å². The average Bonchev–Trinajstić information content (AvgIpc) is 3.04. The van der Waals surface area contributed by atoms with Gasteiger partial charge >= 0.3 is 0 Å². The molecule has 1 saturated heterocycles. The van der Waals surface area contributed by atoms with Crippen LogP contribution in [0.3, 0.4) is 0 Å². The minimum atomic E-state index is -0.259. The van der Waals surface area contributed by atoms with Crippen molar-refractivity contribution in [3.05, 3.63) is 0 Å². The topological polar surface area (TPSA) is 63.4 Å². The Kier molecular flexibility index (Phi) is 3.04. The maximum Gasteiger partial charge on any atom is 0.222 e. The third-order valence-corrected chi connectivity index (χ3v) is 5.26. The number of carbonyl (C=O) groups excluding carboxylic acids is 2. The van der Waals surface area contributed by atoms with Gasteiger partial charge in [-0.25, -0.2) is 0 Å². The molecule has 1 heterocycles. The summed E-state index contributed by atoms with van der Waals surface area (Å²) in [6.45, 7) is 1.27. The molecule has 0 unspecified atom stereocenters. The molecule has 0 aromatic rings. The number of carbonyl (C=O) groups is 2. The summed E-state index contributed by atoms with van der Waals surface area (Å²) in [5, 5.41) is 0. The number of hydrogen-bond acceptors (Lipinski definition) is 2. The van der Waals surface area contributed by atoms with Crippen LogP contribution in [0.15, 0.2) is 0 Å². The Balaban J connectivity index is 1.52. The Labute approximate surface area is 108 Å². The molecule has 0 radical (unpaired) electrons. The summed E-state index contributed by atoms with van der Waals surface area (Å²) in [5.41, 5.74) is 5.30. The lowest BCUT2D eigenvalue weighted by Crippen LogP contribution is -2.33. The summed E-state index contributed by atoms with van der Waals surface area (Å²) < 4.78 is 0. The smallest absolute Gasteiger partial charge is 0.222 e. The van der Waals surface area contributed by atoms with E-state index in [0.29, 0.717) is 25.4 Å². The second-order valence-electron chi connectivity index (χ2n) is 6.37. The fourth-order valence-electron chi connectivity index (χ4n) is 4.20. The molecular weight excluding hydrogens is 228 g/mol. The first-order valence-electron chi connectivity index (χ1n) is 7.20. The van der Waals surface area contributed by atoms with Gasteiger partial charge in [0.25, 0.3) is 0 Å². The number of nitrogens with two attached hydrogens (primary N) is 1. The van der Waals surface area contributed by atoms with Gasteiger partial charge in [0.05, 0.1) is 5.92 Å². The number of primary amides is 1. The van der Waals surface area contributed by atoms with Crippen molar-refractivity contribution in [3.63, 3.8) is 0 Å². The van der Waals surface area contributed by atoms with Crippen molar-refractivity contribution in [3.8, 4) is 0 Å². The largest absolute Gasteiger partial charge is 0.369 e. The van der Waals surface area contributed by atoms with Crippen molar-refractivity contribution in [2.75, 3.05) is 13.1 Å². The normalized spacial score (nSPS) is 38.3. The first kappa shape index (κ1) is 12.0. The van der Waals surface area contributed by atoms with Crippen molar-refractivity contribution < 1.29 is 9.59 Å². The first-order valence-corrected chi connectivity index (χ1v) is 7.20. The van der Waals surface area contributed by atoms with Crippen LogP contribution in [0.25, 0.3) is 0 Å². The standard InChI is InChI=1S/C14H22N2O2/c15-14(18)11-3-4-16(8-11)13(17)7-12-6-9-1-2-10(12)5-9/h9-12H,1-8H2,(H2,15,18)/t9-,10-,11-,12+/m0/s1. The molecule has 2 saturated carbocycles. The molecule has 18 heavy (non-hydrogen) atoms. The molecule has 2 aliphatic carbocycles. The summed E-state index contributed by atoms with van der Waals surface area (Å²) in [6, 6.07) is 0. The number of amides is 2. The molecule has 3 rings (SSSR count). The van der Waals surface area contributed by atoms with E-state index in [9.17, 15) is 9.59 Å². The summed E-state index contributed by atoms with van der Waals surface area (Å²) in [5.74, 6) is 2.18. The molecular formula is C14H22N2O2. The van der Waals surface area contributed by atoms with Gasteiger partial charge in [-0.3, -0.25) is 9.59 Å². The Bertz CT molecular complexity index is 369. The summed E-state index contributed by atoms with van der Waals surface area (Å²) in [6.07, 6.45) is 6.76. The molecule has 1 aliphatic heterocycles. The monoisotopic (exact) mass is 250 g/mol. The zero-order chi connectivity index (χ0) is 12.7. The highest BCUT2D eigenvalue weighted by molar-refractivity contribution is 5.81. The fourth-order valence-corrected chi connectivity index (χ4v) is 4.20. The lowest BCUT2D eigenvalue weighted by molar-refractivity contribution is -0.131. The van der Waals surface area contributed by atoms with E-state index in [0.717, 1.165) is 18.3 Å². The third-order valence-electron chi connectivity index (χ3n) is 5.26. The number of rotatable bonds is 3. The van der Waals surface area contributed by atoms with Crippen molar-refractivity contribution >= 4 is 11.8 Å². The predicted molar refractivity (Wildman–Crippen MR) is 67.4 cm³/mol. The van der Waals surface area contributed by atoms with E-state index in [4.69, 9.17) is 5.73 Å². The van der Waals surface area contributed by atoms with Crippen molar-refractivity contribution in [2.45, 2.75) is 38.5 Å². The van der Waals surface area contributed by atoms with Gasteiger partial charge < -0.3 is 10.6 Å². The molecule has 3 aliphatic rings. The number of hydrogen-bond donors (Lipinski definition) is 1. The maximum atomic E-state index is 12.2. The van der Waals surface area contributed by atoms with E-state index < -0.39 is 0 Å². The molecule has 2 amide bonds. The van der Waals surface area contributed by atoms with Gasteiger partial charge in [-0.2, -0.15) is 0 Å². The minimum Gasteiger partial charge on any atom is -0.369 e. The van der Waals surface area contributed by atoms with Gasteiger partial charge in [0.15, 0.2) is 0 Å². The summed E-state index contributed by atoms with van der Waals surface area (Å²) in [7, 11) is 0. The molecule has 4 heteroatoms. The van der Waals surface area contributed by atoms with Crippen molar-refractivity contribution in [1.82, 2.24) is 4.90 Å². The average molecular weight is 250 g/mol. The van der Waals surface area contributed by atoms with Gasteiger partial charge in [0.2, 0.25) is 11.8 Å². The molecule has 4 atom stereocenters. The minimum absolute atomic E-state index is 0.117. The lowest BCUT2D eigenvalue weighted by atomic mass is 9.86. The number of likely N-dealkylation sites (tertiary alicyclic amines) is 1. The van der Waals surface area contributed by atoms with Crippen LogP contribution in [0, 0.1) is 23.7 Å². The van der Waals surface area contributed by atoms with Crippen LogP contribution in [0.5, 0.6) is 0 Å². The van der Waals surface area contributed by atoms with E-state index in [1.54, 1.807) is 0 Å². The Morgan fingerprint density at radius 2 is 2.00 bits per heavy atom. The second-order valence-corrected chi connectivity index (χ2v) is 6.37. The van der Waals surface area contributed by atoms with Crippen LogP contribution in [-0.4, -0.2) is 29.8 Å². The Morgan fingerprint density at radius 1 is 1.17 bits per heavy atom. The molecule has 0 aromatic carbocycles. The van der Waals surface area contributed by atoms with E-state index >= 15 is 0 Å². The number of nitrogens with zero attached hydrogens (tertiary/aromatic N) is 1. The van der Waals surface area contributed by atoms with Gasteiger partial charge in [-0.05, 0) is 43.4 Å². The van der Waals surface area contributed by atoms with Crippen LogP contribution in [0.4, 0.5) is 0 Å². The molecule has 0 spiro atoms. The second kappa shape index (κ2) is 4.56. The van der Waals surface area contributed by atoms with Gasteiger partial charge in [-0.1, -0.05) is 6.42 Å². The molecule has 2 N–H and O–H groups in total. The first-order chi connectivity index (χ1) is 8.63. The van der Waals surface area contributed by atoms with Crippen LogP contribution in [0.2, 0.25) is 0 Å². The summed E-state index contributed by atoms with van der Waals surface area (Å²) in [4.78, 5) is 25.2. The van der Waals surface area contributed by atoms with E-state index in [1.807, 2.05) is 4.90 Å². The van der Waals surface area contributed by atoms with Crippen molar-refractivity contribution in [2.24, 2.45) is 29.4 Å². The highest BCUT2D eigenvalue weighted by atomic mass is 16.2. The van der Waals surface area contributed by atoms with Crippen LogP contribution < -0.4 is 5.73 Å². The highest BCUT2D eigenvalue weighted by Crippen LogP contribution is 2.49. The quantitative estimate of drug-likeness (QED) is 0.816. The van der Waals surface area contributed by atoms with Gasteiger partial charge in [0.1, 0.15) is 0 Å². The van der Waals surface area contributed by atoms with E-state index in [-0.39, 0.29) is 17.7 Å². The molecule has 2 bridgehead atoms. The Morgan fingerprint density at radius 3 is 2.56 bits per heavy atom. The maximum absolute atomic E-state index is 12.2. The molecule has 0 aromatic heterocycles. The lowest BCUT2D eigenvalue weighted by Gasteiger charge is -2.24. The molecule has 100 valence electrons. The van der Waals surface area contributed by atoms with E-state index in [1.165, 1.54) is 25.7 Å². The molecule has 4 nitrogen and oxygen atoms in total. The van der Waals surface area contributed by atoms with Gasteiger partial charge in [-0.15, -0.1) is 0 Å². The fraction of sp³-hybridized carbons (Fsp3) is 0.857. The number of fused-ring (bicyclic) bond motifs is 2. The van der Waals surface area contributed by atoms with E-state index in [2.05, 4.69) is 0 Å². The molecule has 3 fully saturated rings. The van der Waals surface area contributed by atoms with Crippen LogP contribution >= 0.6 is 0 Å². The zero-order valence-corrected chi connectivity index (χ0v) is 10.8.